The molecule has 0 aliphatic heterocycles. The van der Waals surface area contributed by atoms with Gasteiger partial charge in [-0.2, -0.15) is 9.78 Å². The van der Waals surface area contributed by atoms with E-state index in [4.69, 9.17) is 4.74 Å². The fourth-order valence-electron chi connectivity index (χ4n) is 4.27. The Balaban J connectivity index is 1.31. The summed E-state index contributed by atoms with van der Waals surface area (Å²) in [6.07, 6.45) is 9.63. The number of fused-ring (bicyclic) bond motifs is 1. The van der Waals surface area contributed by atoms with E-state index in [1.165, 1.54) is 30.4 Å². The number of carbonyl (C=O) groups is 1. The SMILES string of the molecule is CC(C)(C)OC(=O)n1ncc2cc(C#Cc3ccnc(-c4ccnc(NCC5CCCC5)n4)n3)ccc21. The van der Waals surface area contributed by atoms with Crippen molar-refractivity contribution in [2.24, 2.45) is 5.92 Å². The summed E-state index contributed by atoms with van der Waals surface area (Å²) >= 11 is 0. The lowest BCUT2D eigenvalue weighted by Crippen LogP contribution is -2.27. The van der Waals surface area contributed by atoms with Crippen molar-refractivity contribution in [3.05, 3.63) is 60.2 Å². The molecule has 0 spiro atoms. The van der Waals surface area contributed by atoms with E-state index < -0.39 is 11.7 Å². The molecule has 188 valence electrons. The Bertz CT molecular complexity index is 1490. The quantitative estimate of drug-likeness (QED) is 0.391. The topological polar surface area (TPSA) is 108 Å². The molecular formula is C28H29N7O2. The smallest absolute Gasteiger partial charge is 0.435 e. The van der Waals surface area contributed by atoms with Gasteiger partial charge in [0.2, 0.25) is 5.95 Å². The fraction of sp³-hybridized carbons (Fsp3) is 0.357. The predicted octanol–water partition coefficient (Wildman–Crippen LogP) is 5.07. The molecule has 1 saturated carbocycles. The summed E-state index contributed by atoms with van der Waals surface area (Å²) in [5, 5.41) is 8.32. The van der Waals surface area contributed by atoms with Gasteiger partial charge in [0.1, 0.15) is 17.0 Å². The molecule has 0 bridgehead atoms. The van der Waals surface area contributed by atoms with Crippen molar-refractivity contribution in [1.82, 2.24) is 29.7 Å². The number of benzene rings is 1. The summed E-state index contributed by atoms with van der Waals surface area (Å²) in [4.78, 5) is 30.3. The second-order valence-electron chi connectivity index (χ2n) is 10.1. The van der Waals surface area contributed by atoms with Gasteiger partial charge in [0.25, 0.3) is 0 Å². The standard InChI is InChI=1S/C28H29N7O2/c1-28(2,3)37-27(36)35-24-11-9-19(16-21(24)18-32-35)8-10-22-12-14-29-25(33-22)23-13-15-30-26(34-23)31-17-20-6-4-5-7-20/h9,11-16,18,20H,4-7,17H2,1-3H3,(H,30,31,34). The number of carbonyl (C=O) groups excluding carboxylic acids is 1. The van der Waals surface area contributed by atoms with Gasteiger partial charge in [0, 0.05) is 29.9 Å². The summed E-state index contributed by atoms with van der Waals surface area (Å²) in [5.41, 5.74) is 2.05. The number of aromatic nitrogens is 6. The largest absolute Gasteiger partial charge is 0.442 e. The molecule has 0 saturated heterocycles. The monoisotopic (exact) mass is 495 g/mol. The highest BCUT2D eigenvalue weighted by Gasteiger charge is 2.20. The molecule has 1 aliphatic rings. The molecule has 5 rings (SSSR count). The summed E-state index contributed by atoms with van der Waals surface area (Å²) < 4.78 is 6.68. The van der Waals surface area contributed by atoms with Crippen molar-refractivity contribution >= 4 is 22.9 Å². The first-order valence-corrected chi connectivity index (χ1v) is 12.5. The summed E-state index contributed by atoms with van der Waals surface area (Å²) in [6.45, 7) is 6.35. The Morgan fingerprint density at radius 1 is 1.08 bits per heavy atom. The molecule has 0 radical (unpaired) electrons. The van der Waals surface area contributed by atoms with Gasteiger partial charge in [-0.1, -0.05) is 18.8 Å². The molecule has 0 atom stereocenters. The highest BCUT2D eigenvalue weighted by atomic mass is 16.6. The second-order valence-corrected chi connectivity index (χ2v) is 10.1. The number of nitrogens with zero attached hydrogens (tertiary/aromatic N) is 6. The Hall–Kier alpha value is -4.32. The van der Waals surface area contributed by atoms with Crippen LogP contribution in [0.5, 0.6) is 0 Å². The van der Waals surface area contributed by atoms with E-state index in [1.807, 2.05) is 39.0 Å². The zero-order valence-electron chi connectivity index (χ0n) is 21.2. The third kappa shape index (κ3) is 6.09. The lowest BCUT2D eigenvalue weighted by molar-refractivity contribution is 0.0522. The van der Waals surface area contributed by atoms with Crippen LogP contribution in [0, 0.1) is 17.8 Å². The van der Waals surface area contributed by atoms with Crippen LogP contribution in [-0.4, -0.2) is 48.0 Å². The number of ether oxygens (including phenoxy) is 1. The first kappa shape index (κ1) is 24.4. The highest BCUT2D eigenvalue weighted by Crippen LogP contribution is 2.25. The Labute approximate surface area is 215 Å². The Kier molecular flexibility index (Phi) is 6.82. The van der Waals surface area contributed by atoms with Crippen LogP contribution in [-0.2, 0) is 4.74 Å². The van der Waals surface area contributed by atoms with Crippen molar-refractivity contribution < 1.29 is 9.53 Å². The zero-order valence-corrected chi connectivity index (χ0v) is 21.2. The van der Waals surface area contributed by atoms with E-state index in [9.17, 15) is 4.79 Å². The van der Waals surface area contributed by atoms with Crippen molar-refractivity contribution in [2.45, 2.75) is 52.1 Å². The number of nitrogens with one attached hydrogen (secondary N) is 1. The summed E-state index contributed by atoms with van der Waals surface area (Å²) in [7, 11) is 0. The average molecular weight is 496 g/mol. The van der Waals surface area contributed by atoms with E-state index in [0.29, 0.717) is 34.6 Å². The minimum atomic E-state index is -0.601. The highest BCUT2D eigenvalue weighted by molar-refractivity contribution is 5.88. The maximum absolute atomic E-state index is 12.4. The van der Waals surface area contributed by atoms with Gasteiger partial charge in [-0.05, 0) is 75.8 Å². The van der Waals surface area contributed by atoms with Crippen LogP contribution < -0.4 is 5.32 Å². The number of rotatable bonds is 4. The zero-order chi connectivity index (χ0) is 25.8. The molecular weight excluding hydrogens is 466 g/mol. The second kappa shape index (κ2) is 10.3. The van der Waals surface area contributed by atoms with Crippen molar-refractivity contribution in [3.63, 3.8) is 0 Å². The molecule has 37 heavy (non-hydrogen) atoms. The minimum Gasteiger partial charge on any atom is -0.442 e. The van der Waals surface area contributed by atoms with Gasteiger partial charge >= 0.3 is 6.09 Å². The number of hydrogen-bond donors (Lipinski definition) is 1. The first-order chi connectivity index (χ1) is 17.8. The Morgan fingerprint density at radius 3 is 2.70 bits per heavy atom. The van der Waals surface area contributed by atoms with Gasteiger partial charge < -0.3 is 10.1 Å². The van der Waals surface area contributed by atoms with Crippen LogP contribution in [0.4, 0.5) is 10.7 Å². The fourth-order valence-corrected chi connectivity index (χ4v) is 4.27. The number of hydrogen-bond acceptors (Lipinski definition) is 8. The molecule has 3 heterocycles. The van der Waals surface area contributed by atoms with Gasteiger partial charge in [0.15, 0.2) is 5.82 Å². The molecule has 1 fully saturated rings. The number of anilines is 1. The van der Waals surface area contributed by atoms with E-state index in [2.05, 4.69) is 42.2 Å². The molecule has 0 unspecified atom stereocenters. The van der Waals surface area contributed by atoms with E-state index >= 15 is 0 Å². The van der Waals surface area contributed by atoms with Crippen LogP contribution in [0.2, 0.25) is 0 Å². The molecule has 1 aliphatic carbocycles. The third-order valence-electron chi connectivity index (χ3n) is 6.03. The summed E-state index contributed by atoms with van der Waals surface area (Å²) in [5.74, 6) is 8.00. The Morgan fingerprint density at radius 2 is 1.89 bits per heavy atom. The molecule has 9 heteroatoms. The molecule has 4 aromatic rings. The van der Waals surface area contributed by atoms with Crippen molar-refractivity contribution in [2.75, 3.05) is 11.9 Å². The normalized spacial score (nSPS) is 13.8. The van der Waals surface area contributed by atoms with E-state index in [1.54, 1.807) is 30.7 Å². The maximum atomic E-state index is 12.4. The van der Waals surface area contributed by atoms with E-state index in [-0.39, 0.29) is 0 Å². The lowest BCUT2D eigenvalue weighted by Gasteiger charge is -2.19. The van der Waals surface area contributed by atoms with Gasteiger partial charge in [-0.15, -0.1) is 0 Å². The van der Waals surface area contributed by atoms with Crippen LogP contribution in [0.3, 0.4) is 0 Å². The lowest BCUT2D eigenvalue weighted by atomic mass is 10.1. The first-order valence-electron chi connectivity index (χ1n) is 12.5. The van der Waals surface area contributed by atoms with E-state index in [0.717, 1.165) is 17.5 Å². The maximum Gasteiger partial charge on any atom is 0.435 e. The minimum absolute atomic E-state index is 0.493. The van der Waals surface area contributed by atoms with Crippen LogP contribution in [0.1, 0.15) is 57.7 Å². The molecule has 9 nitrogen and oxygen atoms in total. The predicted molar refractivity (Wildman–Crippen MR) is 141 cm³/mol. The molecule has 1 aromatic carbocycles. The third-order valence-corrected chi connectivity index (χ3v) is 6.03. The van der Waals surface area contributed by atoms with Gasteiger partial charge in [0.05, 0.1) is 11.7 Å². The average Bonchev–Trinajstić information content (AvgIpc) is 3.55. The molecule has 0 amide bonds. The van der Waals surface area contributed by atoms with Crippen molar-refractivity contribution in [3.8, 4) is 23.4 Å². The van der Waals surface area contributed by atoms with Crippen LogP contribution in [0.15, 0.2) is 48.9 Å². The summed E-state index contributed by atoms with van der Waals surface area (Å²) in [6, 6.07) is 9.08. The van der Waals surface area contributed by atoms with Gasteiger partial charge in [-0.3, -0.25) is 0 Å². The van der Waals surface area contributed by atoms with Crippen molar-refractivity contribution in [1.29, 1.82) is 0 Å². The van der Waals surface area contributed by atoms with Crippen LogP contribution >= 0.6 is 0 Å². The molecule has 3 aromatic heterocycles. The van der Waals surface area contributed by atoms with Crippen LogP contribution in [0.25, 0.3) is 22.4 Å². The molecule has 1 N–H and O–H groups in total. The van der Waals surface area contributed by atoms with Gasteiger partial charge in [-0.25, -0.2) is 24.7 Å².